The molecule has 250 valence electrons. The van der Waals surface area contributed by atoms with E-state index in [1.165, 1.54) is 0 Å². The number of nitrogens with zero attached hydrogens (tertiary/aromatic N) is 2. The first kappa shape index (κ1) is 42.0. The van der Waals surface area contributed by atoms with E-state index < -0.39 is 0 Å². The van der Waals surface area contributed by atoms with Gasteiger partial charge in [-0.1, -0.05) is 93.4 Å². The van der Waals surface area contributed by atoms with Crippen LogP contribution in [0.5, 0.6) is 0 Å². The summed E-state index contributed by atoms with van der Waals surface area (Å²) in [6.45, 7) is 0. The molecule has 0 unspecified atom stereocenters. The van der Waals surface area contributed by atoms with Crippen LogP contribution in [0.2, 0.25) is 0 Å². The van der Waals surface area contributed by atoms with Crippen LogP contribution in [0.3, 0.4) is 0 Å². The Labute approximate surface area is 381 Å². The third-order valence-electron chi connectivity index (χ3n) is 11.8. The zero-order valence-electron chi connectivity index (χ0n) is 33.2. The van der Waals surface area contributed by atoms with Gasteiger partial charge in [-0.2, -0.15) is 0 Å². The lowest BCUT2D eigenvalue weighted by Gasteiger charge is -2.26. The van der Waals surface area contributed by atoms with Gasteiger partial charge in [0.1, 0.15) is 124 Å². The highest BCUT2D eigenvalue weighted by molar-refractivity contribution is 6.71. The number of aromatic nitrogens is 2. The molecule has 0 N–H and O–H groups in total. The van der Waals surface area contributed by atoms with Crippen molar-refractivity contribution < 1.29 is 0 Å². The molecule has 0 aliphatic carbocycles. The molecule has 0 spiro atoms. The van der Waals surface area contributed by atoms with Crippen LogP contribution in [-0.2, 0) is 0 Å². The van der Waals surface area contributed by atoms with Crippen molar-refractivity contribution in [3.05, 3.63) is 91.0 Å². The lowest BCUT2D eigenvalue weighted by Crippen LogP contribution is -2.55. The van der Waals surface area contributed by atoms with Crippen LogP contribution in [-0.4, -0.2) is 127 Å². The van der Waals surface area contributed by atoms with Crippen LogP contribution in [0.4, 0.5) is 0 Å². The van der Waals surface area contributed by atoms with Crippen molar-refractivity contribution in [1.29, 1.82) is 0 Å². The predicted octanol–water partition coefficient (Wildman–Crippen LogP) is -6.09. The zero-order valence-corrected chi connectivity index (χ0v) is 33.2. The van der Waals surface area contributed by atoms with Crippen molar-refractivity contribution in [3.63, 3.8) is 0 Å². The molecule has 1 aromatic heterocycles. The Morgan fingerprint density at radius 3 is 1.02 bits per heavy atom. The van der Waals surface area contributed by atoms with Crippen molar-refractivity contribution in [1.82, 2.24) is 9.55 Å². The zero-order chi connectivity index (χ0) is 44.2. The number of para-hydroxylation sites is 2. The summed E-state index contributed by atoms with van der Waals surface area (Å²) in [5.74, 6) is 0.404. The molecule has 0 bridgehead atoms. The molecule has 8 aromatic carbocycles. The maximum absolute atomic E-state index is 6.73. The van der Waals surface area contributed by atoms with Crippen LogP contribution in [0.1, 0.15) is 0 Å². The largest absolute Gasteiger partial charge is 0.291 e. The molecule has 0 fully saturated rings. The minimum Gasteiger partial charge on any atom is -0.291 e. The van der Waals surface area contributed by atoms with E-state index in [-0.39, 0.29) is 81.9 Å². The van der Waals surface area contributed by atoms with Gasteiger partial charge in [-0.15, -0.1) is 49.2 Å². The molecule has 0 amide bonds. The molecule has 9 aromatic rings. The number of benzene rings is 8. The van der Waals surface area contributed by atoms with E-state index in [1.54, 1.807) is 6.07 Å². The monoisotopic (exact) mass is 748 g/mol. The number of hydrogen-bond acceptors (Lipinski definition) is 1. The van der Waals surface area contributed by atoms with Gasteiger partial charge in [0.05, 0.1) is 16.7 Å². The van der Waals surface area contributed by atoms with E-state index in [1.807, 2.05) is 89.5 Å². The van der Waals surface area contributed by atoms with Gasteiger partial charge in [-0.05, 0) is 74.5 Å². The molecule has 0 atom stereocenters. The summed E-state index contributed by atoms with van der Waals surface area (Å²) in [6.07, 6.45) is 0. The smallest absolute Gasteiger partial charge is 0.144 e. The normalized spacial score (nSPS) is 11.5. The minimum absolute atomic E-state index is 0.0690. The second-order valence-corrected chi connectivity index (χ2v) is 15.2. The Bertz CT molecular complexity index is 3200. The maximum Gasteiger partial charge on any atom is 0.144 e. The predicted molar refractivity (Wildman–Crippen MR) is 279 cm³/mol. The van der Waals surface area contributed by atoms with Gasteiger partial charge in [0.15, 0.2) is 0 Å². The van der Waals surface area contributed by atoms with Crippen LogP contribution in [0, 0.1) is 0 Å². The van der Waals surface area contributed by atoms with E-state index in [0.717, 1.165) is 38.3 Å². The Kier molecular flexibility index (Phi) is 10.5. The third-order valence-corrected chi connectivity index (χ3v) is 11.8. The van der Waals surface area contributed by atoms with E-state index in [0.29, 0.717) is 44.7 Å². The molecule has 30 radical (unpaired) electrons. The Morgan fingerprint density at radius 1 is 0.306 bits per heavy atom. The highest BCUT2D eigenvalue weighted by atomic mass is 15.1. The maximum atomic E-state index is 6.73. The molecule has 0 aliphatic heterocycles. The minimum atomic E-state index is 0.0690. The number of rotatable bonds is 5. The average Bonchev–Trinajstić information content (AvgIpc) is 3.65. The molecule has 62 heavy (non-hydrogen) atoms. The van der Waals surface area contributed by atoms with E-state index >= 15 is 0 Å². The van der Waals surface area contributed by atoms with Crippen LogP contribution >= 0.6 is 0 Å². The Morgan fingerprint density at radius 2 is 0.613 bits per heavy atom. The molecular weight excluding hydrogens is 731 g/mol. The highest BCUT2D eigenvalue weighted by Crippen LogP contribution is 2.44. The summed E-state index contributed by atoms with van der Waals surface area (Å²) >= 11 is 0. The molecule has 0 saturated carbocycles. The number of imidazole rings is 1. The summed E-state index contributed by atoms with van der Waals surface area (Å²) in [7, 11) is 97.6. The highest BCUT2D eigenvalue weighted by Gasteiger charge is 2.25. The second kappa shape index (κ2) is 15.5. The van der Waals surface area contributed by atoms with E-state index in [9.17, 15) is 0 Å². The summed E-state index contributed by atoms with van der Waals surface area (Å²) in [5.41, 5.74) is 7.32. The molecule has 0 saturated heterocycles. The topological polar surface area (TPSA) is 17.8 Å². The molecule has 17 heteroatoms. The third kappa shape index (κ3) is 6.19. The van der Waals surface area contributed by atoms with Gasteiger partial charge in [0, 0.05) is 16.3 Å². The molecule has 2 nitrogen and oxygen atoms in total. The van der Waals surface area contributed by atoms with Crippen molar-refractivity contribution >= 4 is 232 Å². The van der Waals surface area contributed by atoms with Gasteiger partial charge < -0.3 is 0 Å². The molecule has 1 heterocycles. The van der Waals surface area contributed by atoms with Crippen molar-refractivity contribution in [2.45, 2.75) is 0 Å². The van der Waals surface area contributed by atoms with Crippen molar-refractivity contribution in [3.8, 4) is 50.5 Å². The van der Waals surface area contributed by atoms with Gasteiger partial charge in [0.2, 0.25) is 0 Å². The van der Waals surface area contributed by atoms with Crippen molar-refractivity contribution in [2.24, 2.45) is 0 Å². The molecule has 9 rings (SSSR count). The lowest BCUT2D eigenvalue weighted by molar-refractivity contribution is 1.13. The Hall–Kier alpha value is -5.28. The summed E-state index contributed by atoms with van der Waals surface area (Å²) in [5, 5.41) is 3.32. The van der Waals surface area contributed by atoms with E-state index in [2.05, 4.69) is 0 Å². The fraction of sp³-hybridized carbons (Fsp3) is 0. The van der Waals surface area contributed by atoms with Crippen LogP contribution in [0.25, 0.3) is 83.0 Å². The van der Waals surface area contributed by atoms with Crippen LogP contribution in [0.15, 0.2) is 91.0 Å². The quantitative estimate of drug-likeness (QED) is 0.127. The Balaban J connectivity index is 1.45. The van der Waals surface area contributed by atoms with Crippen molar-refractivity contribution in [2.75, 3.05) is 0 Å². The molecule has 0 aliphatic rings. The van der Waals surface area contributed by atoms with Gasteiger partial charge in [0.25, 0.3) is 0 Å². The average molecular weight is 746 g/mol. The first-order valence-corrected chi connectivity index (χ1v) is 19.2. The summed E-state index contributed by atoms with van der Waals surface area (Å²) in [6, 6.07) is 29.3. The summed E-state index contributed by atoms with van der Waals surface area (Å²) in [4.78, 5) is 5.10. The fourth-order valence-electron chi connectivity index (χ4n) is 8.55. The second-order valence-electron chi connectivity index (χ2n) is 15.2. The van der Waals surface area contributed by atoms with Crippen LogP contribution < -0.4 is 81.9 Å². The van der Waals surface area contributed by atoms with Gasteiger partial charge in [-0.3, -0.25) is 4.57 Å². The first-order chi connectivity index (χ1) is 29.5. The number of hydrogen-bond donors (Lipinski definition) is 0. The molecular formula is C45H15B15N2. The lowest BCUT2D eigenvalue weighted by atomic mass is 9.59. The fourth-order valence-corrected chi connectivity index (χ4v) is 8.55. The standard InChI is InChI=1S/C45H15B15N2/c46-29-26(30(47)36(53)41(58)35(29)52)17-13-16(14-18(15-17)27-31(48)37(54)42(59)38(55)32(27)49)25-19-7-1-3-9-21(19)44(22-10-4-2-8-20(22)25)62-24-12-6-5-11-23(24)61-45(62)28-33(50)39(56)43(60)40(57)34(28)51/h1-15H. The summed E-state index contributed by atoms with van der Waals surface area (Å²) < 4.78 is 2.02. The SMILES string of the molecule is [B]c1c([B])c([B])c(-c2cc(-c3c([B])c([B])c([B])c([B])c3[B])cc(-c3c4ccccc4c(-n4c(-c5c([B])c([B])c([B])c([B])c5[B])nc5ccccc54)c4ccccc34)c2)c([B])c1[B]. The van der Waals surface area contributed by atoms with Gasteiger partial charge >= 0.3 is 0 Å². The van der Waals surface area contributed by atoms with E-state index in [4.69, 9.17) is 123 Å². The van der Waals surface area contributed by atoms with Gasteiger partial charge in [-0.25, -0.2) is 4.98 Å². The number of fused-ring (bicyclic) bond motifs is 3. The first-order valence-electron chi connectivity index (χ1n) is 19.2.